The molecule has 460 valence electrons. The standard InChI is InChI=1S/C98H68/c1-98(2,3)79-58-60-82-75(54-56-77-63-88(84-52-32-12-30-50-80(77)84)90-65-86(67-34-14-4-15-35-67)92(69-38-18-6-19-39-69)96(73-46-26-10-27-47-73)94(90)71-42-22-8-23-43-71)62-76(83(82)61-59-79)55-57-78-64-89(85-53-33-13-31-51-81(78)85)91-66-87(68-36-16-5-17-37-68)93(70-40-20-7-21-41-70)97(74-48-28-11-29-49-74)95(91)72-44-24-9-25-45-72/h4-53,58-66H,1-3H3. The van der Waals surface area contributed by atoms with E-state index in [0.717, 1.165) is 134 Å². The lowest BCUT2D eigenvalue weighted by Crippen LogP contribution is -2.09. The molecular formula is C98H68. The molecule has 0 unspecified atom stereocenters. The van der Waals surface area contributed by atoms with Gasteiger partial charge in [-0.15, -0.1) is 0 Å². The van der Waals surface area contributed by atoms with Gasteiger partial charge in [0, 0.05) is 22.3 Å². The van der Waals surface area contributed by atoms with Gasteiger partial charge in [-0.05, 0) is 186 Å². The molecule has 10 aromatic carbocycles. The van der Waals surface area contributed by atoms with Crippen LogP contribution in [0, 0.1) is 23.7 Å². The van der Waals surface area contributed by atoms with Gasteiger partial charge in [-0.3, -0.25) is 0 Å². The molecule has 0 bridgehead atoms. The Morgan fingerprint density at radius 2 is 0.388 bits per heavy atom. The highest BCUT2D eigenvalue weighted by molar-refractivity contribution is 6.12. The molecule has 16 rings (SSSR count). The van der Waals surface area contributed by atoms with Crippen LogP contribution in [0.5, 0.6) is 0 Å². The zero-order chi connectivity index (χ0) is 65.9. The fourth-order valence-corrected chi connectivity index (χ4v) is 14.5. The maximum atomic E-state index is 3.85. The van der Waals surface area contributed by atoms with Crippen molar-refractivity contribution in [3.63, 3.8) is 0 Å². The molecule has 0 heterocycles. The van der Waals surface area contributed by atoms with Crippen LogP contribution >= 0.6 is 0 Å². The zero-order valence-corrected chi connectivity index (χ0v) is 55.1. The predicted molar refractivity (Wildman–Crippen MR) is 414 cm³/mol. The maximum absolute atomic E-state index is 3.85. The number of hydrogen-bond acceptors (Lipinski definition) is 0. The molecule has 0 fully saturated rings. The first-order chi connectivity index (χ1) is 48.3. The van der Waals surface area contributed by atoms with E-state index in [9.17, 15) is 0 Å². The predicted octanol–water partition coefficient (Wildman–Crippen LogP) is 25.8. The van der Waals surface area contributed by atoms with Gasteiger partial charge in [-0.2, -0.15) is 0 Å². The Bertz CT molecular complexity index is 5240. The summed E-state index contributed by atoms with van der Waals surface area (Å²) in [7, 11) is 0. The number of benzene rings is 10. The average Bonchev–Trinajstić information content (AvgIpc) is 1.08. The SMILES string of the molecule is CC(C)(C)c1ccc2c(C#Cc3cc(-c4cc(-c5ccccc5)c(-c5ccccc5)c(-c5ccccc5)c4-c4ccccc4)c4cccccc3-4)cc(C#Cc3cc(-c4cc(-c5ccccc5)c(-c5ccccc5)c(-c5ccccc5)c4-c4ccccc4)c4cccccc3-4)c-2cc1. The third-order valence-electron chi connectivity index (χ3n) is 19.1. The van der Waals surface area contributed by atoms with Gasteiger partial charge in [0.2, 0.25) is 0 Å². The molecule has 0 atom stereocenters. The van der Waals surface area contributed by atoms with Gasteiger partial charge in [-0.1, -0.05) is 372 Å². The van der Waals surface area contributed by atoms with Gasteiger partial charge in [0.15, 0.2) is 0 Å². The van der Waals surface area contributed by atoms with Crippen molar-refractivity contribution < 1.29 is 0 Å². The second-order valence-corrected chi connectivity index (χ2v) is 26.2. The molecule has 6 aliphatic carbocycles. The van der Waals surface area contributed by atoms with E-state index in [0.29, 0.717) is 0 Å². The quantitative estimate of drug-likeness (QED) is 0.120. The summed E-state index contributed by atoms with van der Waals surface area (Å²) in [6, 6.07) is 130. The minimum atomic E-state index is -0.0915. The Balaban J connectivity index is 0.897. The molecule has 0 spiro atoms. The lowest BCUT2D eigenvalue weighted by Gasteiger charge is -2.24. The highest BCUT2D eigenvalue weighted by Gasteiger charge is 2.29. The van der Waals surface area contributed by atoms with Crippen LogP contribution in [0.2, 0.25) is 0 Å². The van der Waals surface area contributed by atoms with Gasteiger partial charge >= 0.3 is 0 Å². The first-order valence-corrected chi connectivity index (χ1v) is 33.8. The van der Waals surface area contributed by atoms with Gasteiger partial charge in [0.05, 0.1) is 0 Å². The Morgan fingerprint density at radius 1 is 0.163 bits per heavy atom. The molecule has 0 aromatic heterocycles. The van der Waals surface area contributed by atoms with E-state index in [1.54, 1.807) is 0 Å². The van der Waals surface area contributed by atoms with Crippen LogP contribution in [-0.4, -0.2) is 0 Å². The van der Waals surface area contributed by atoms with E-state index in [-0.39, 0.29) is 5.41 Å². The van der Waals surface area contributed by atoms with Crippen molar-refractivity contribution in [2.75, 3.05) is 0 Å². The molecule has 10 aromatic rings. The van der Waals surface area contributed by atoms with Gasteiger partial charge < -0.3 is 0 Å². The molecule has 0 nitrogen and oxygen atoms in total. The van der Waals surface area contributed by atoms with E-state index in [4.69, 9.17) is 0 Å². The number of fused-ring (bicyclic) bond motifs is 3. The molecule has 0 amide bonds. The minimum absolute atomic E-state index is 0.0915. The normalized spacial score (nSPS) is 11.3. The third-order valence-corrected chi connectivity index (χ3v) is 19.1. The van der Waals surface area contributed by atoms with E-state index in [1.807, 2.05) is 0 Å². The summed E-state index contributed by atoms with van der Waals surface area (Å²) < 4.78 is 0. The summed E-state index contributed by atoms with van der Waals surface area (Å²) >= 11 is 0. The second-order valence-electron chi connectivity index (χ2n) is 26.2. The van der Waals surface area contributed by atoms with E-state index >= 15 is 0 Å². The van der Waals surface area contributed by atoms with Crippen molar-refractivity contribution in [2.24, 2.45) is 0 Å². The topological polar surface area (TPSA) is 0 Å². The Morgan fingerprint density at radius 3 is 0.673 bits per heavy atom. The van der Waals surface area contributed by atoms with E-state index in [1.165, 1.54) is 38.9 Å². The van der Waals surface area contributed by atoms with Gasteiger partial charge in [0.25, 0.3) is 0 Å². The average molecular weight is 1250 g/mol. The fourth-order valence-electron chi connectivity index (χ4n) is 14.5. The molecule has 6 aliphatic rings. The third kappa shape index (κ3) is 11.6. The van der Waals surface area contributed by atoms with Crippen LogP contribution in [0.1, 0.15) is 48.6 Å². The van der Waals surface area contributed by atoms with Gasteiger partial charge in [-0.25, -0.2) is 0 Å². The van der Waals surface area contributed by atoms with Crippen molar-refractivity contribution in [3.05, 3.63) is 386 Å². The first kappa shape index (κ1) is 60.4. The van der Waals surface area contributed by atoms with Crippen LogP contribution in [0.3, 0.4) is 0 Å². The van der Waals surface area contributed by atoms with E-state index < -0.39 is 0 Å². The smallest absolute Gasteiger partial charge is 0.0340 e. The summed E-state index contributed by atoms with van der Waals surface area (Å²) in [5, 5.41) is 0. The first-order valence-electron chi connectivity index (χ1n) is 33.8. The minimum Gasteiger partial charge on any atom is -0.0622 e. The number of hydrogen-bond donors (Lipinski definition) is 0. The monoisotopic (exact) mass is 1240 g/mol. The molecule has 98 heavy (non-hydrogen) atoms. The Labute approximate surface area is 576 Å². The molecule has 0 saturated heterocycles. The van der Waals surface area contributed by atoms with Crippen LogP contribution in [-0.2, 0) is 5.41 Å². The zero-order valence-electron chi connectivity index (χ0n) is 55.1. The lowest BCUT2D eigenvalue weighted by atomic mass is 9.78. The molecular weight excluding hydrogens is 1180 g/mol. The van der Waals surface area contributed by atoms with Crippen molar-refractivity contribution in [1.82, 2.24) is 0 Å². The highest BCUT2D eigenvalue weighted by Crippen LogP contribution is 2.55. The van der Waals surface area contributed by atoms with Crippen LogP contribution in [0.4, 0.5) is 0 Å². The van der Waals surface area contributed by atoms with Crippen molar-refractivity contribution >= 4 is 0 Å². The van der Waals surface area contributed by atoms with Crippen LogP contribution in [0.25, 0.3) is 145 Å². The second kappa shape index (κ2) is 26.3. The Hall–Kier alpha value is -12.6. The molecule has 0 radical (unpaired) electrons. The van der Waals surface area contributed by atoms with Gasteiger partial charge in [0.1, 0.15) is 0 Å². The summed E-state index contributed by atoms with van der Waals surface area (Å²) in [6.45, 7) is 6.83. The summed E-state index contributed by atoms with van der Waals surface area (Å²) in [5.74, 6) is 15.4. The summed E-state index contributed by atoms with van der Waals surface area (Å²) in [5.41, 5.74) is 34.6. The fraction of sp³-hybridized carbons (Fsp3) is 0.0408. The number of rotatable bonds is 10. The summed E-state index contributed by atoms with van der Waals surface area (Å²) in [4.78, 5) is 0. The van der Waals surface area contributed by atoms with E-state index in [2.05, 4.69) is 402 Å². The lowest BCUT2D eigenvalue weighted by molar-refractivity contribution is 0.591. The molecule has 0 N–H and O–H groups in total. The van der Waals surface area contributed by atoms with Crippen LogP contribution < -0.4 is 0 Å². The molecule has 0 aliphatic heterocycles. The Kier molecular flexibility index (Phi) is 16.2. The summed E-state index contributed by atoms with van der Waals surface area (Å²) in [6.07, 6.45) is 0. The molecule has 0 heteroatoms. The highest BCUT2D eigenvalue weighted by atomic mass is 14.3. The maximum Gasteiger partial charge on any atom is 0.0340 e. The van der Waals surface area contributed by atoms with Crippen molar-refractivity contribution in [2.45, 2.75) is 26.2 Å². The molecule has 0 saturated carbocycles. The van der Waals surface area contributed by atoms with Crippen molar-refractivity contribution in [1.29, 1.82) is 0 Å². The largest absolute Gasteiger partial charge is 0.0622 e. The van der Waals surface area contributed by atoms with Crippen LogP contribution in [0.15, 0.2) is 358 Å². The van der Waals surface area contributed by atoms with Crippen molar-refractivity contribution in [3.8, 4) is 168 Å².